The van der Waals surface area contributed by atoms with E-state index in [1.807, 2.05) is 23.1 Å². The average molecular weight is 352 g/mol. The number of amides is 1. The third kappa shape index (κ3) is 3.21. The van der Waals surface area contributed by atoms with Crippen LogP contribution in [0.3, 0.4) is 0 Å². The number of fused-ring (bicyclic) bond motifs is 1. The van der Waals surface area contributed by atoms with Gasteiger partial charge in [-0.15, -0.1) is 0 Å². The smallest absolute Gasteiger partial charge is 0.278 e. The van der Waals surface area contributed by atoms with Gasteiger partial charge in [0.15, 0.2) is 11.5 Å². The van der Waals surface area contributed by atoms with Gasteiger partial charge in [-0.05, 0) is 24.3 Å². The quantitative estimate of drug-likeness (QED) is 0.785. The molecular formula is C19H17FN4O2. The molecule has 26 heavy (non-hydrogen) atoms. The molecule has 1 amide bonds. The van der Waals surface area contributed by atoms with Crippen molar-refractivity contribution < 1.29 is 13.9 Å². The van der Waals surface area contributed by atoms with E-state index in [0.29, 0.717) is 43.2 Å². The summed E-state index contributed by atoms with van der Waals surface area (Å²) < 4.78 is 19.3. The number of hydrogen-bond donors (Lipinski definition) is 1. The van der Waals surface area contributed by atoms with Crippen LogP contribution >= 0.6 is 0 Å². The molecule has 0 atom stereocenters. The molecule has 3 aromatic rings. The summed E-state index contributed by atoms with van der Waals surface area (Å²) in [7, 11) is 0. The number of para-hydroxylation sites is 3. The first-order valence-electron chi connectivity index (χ1n) is 8.38. The molecule has 1 N–H and O–H groups in total. The van der Waals surface area contributed by atoms with E-state index in [4.69, 9.17) is 4.74 Å². The first-order chi connectivity index (χ1) is 12.7. The molecule has 1 aliphatic heterocycles. The monoisotopic (exact) mass is 352 g/mol. The fourth-order valence-corrected chi connectivity index (χ4v) is 2.88. The lowest BCUT2D eigenvalue weighted by Gasteiger charge is -2.29. The minimum atomic E-state index is -0.498. The average Bonchev–Trinajstić information content (AvgIpc) is 2.69. The van der Waals surface area contributed by atoms with Crippen molar-refractivity contribution in [2.75, 3.05) is 36.5 Å². The van der Waals surface area contributed by atoms with E-state index in [-0.39, 0.29) is 11.4 Å². The lowest BCUT2D eigenvalue weighted by atomic mass is 10.2. The maximum Gasteiger partial charge on any atom is 0.278 e. The van der Waals surface area contributed by atoms with Gasteiger partial charge in [0, 0.05) is 13.1 Å². The van der Waals surface area contributed by atoms with Crippen LogP contribution in [-0.2, 0) is 4.74 Å². The van der Waals surface area contributed by atoms with Gasteiger partial charge >= 0.3 is 0 Å². The number of benzene rings is 2. The summed E-state index contributed by atoms with van der Waals surface area (Å²) in [5.74, 6) is -0.502. The second-order valence-electron chi connectivity index (χ2n) is 5.92. The van der Waals surface area contributed by atoms with Gasteiger partial charge in [0.2, 0.25) is 0 Å². The molecule has 0 radical (unpaired) electrons. The Hall–Kier alpha value is -3.06. The number of ether oxygens (including phenoxy) is 1. The molecule has 1 aliphatic rings. The van der Waals surface area contributed by atoms with Crippen LogP contribution < -0.4 is 10.2 Å². The third-order valence-corrected chi connectivity index (χ3v) is 4.20. The highest BCUT2D eigenvalue weighted by molar-refractivity contribution is 6.07. The first-order valence-corrected chi connectivity index (χ1v) is 8.38. The van der Waals surface area contributed by atoms with Crippen molar-refractivity contribution in [2.24, 2.45) is 0 Å². The number of halogens is 1. The van der Waals surface area contributed by atoms with Gasteiger partial charge in [0.25, 0.3) is 5.91 Å². The van der Waals surface area contributed by atoms with Crippen LogP contribution in [0.15, 0.2) is 48.5 Å². The van der Waals surface area contributed by atoms with Crippen LogP contribution in [0.2, 0.25) is 0 Å². The number of carbonyl (C=O) groups excluding carboxylic acids is 1. The molecule has 1 saturated heterocycles. The number of hydrogen-bond acceptors (Lipinski definition) is 5. The molecule has 0 unspecified atom stereocenters. The summed E-state index contributed by atoms with van der Waals surface area (Å²) >= 11 is 0. The highest BCUT2D eigenvalue weighted by Gasteiger charge is 2.23. The normalized spacial score (nSPS) is 14.4. The molecule has 0 saturated carbocycles. The minimum Gasteiger partial charge on any atom is -0.378 e. The maximum atomic E-state index is 13.9. The lowest BCUT2D eigenvalue weighted by molar-refractivity contribution is 0.101. The van der Waals surface area contributed by atoms with Crippen LogP contribution in [-0.4, -0.2) is 42.2 Å². The Labute approximate surface area is 149 Å². The Kier molecular flexibility index (Phi) is 4.45. The molecule has 4 rings (SSSR count). The molecule has 6 nitrogen and oxygen atoms in total. The highest BCUT2D eigenvalue weighted by atomic mass is 19.1. The summed E-state index contributed by atoms with van der Waals surface area (Å²) in [6, 6.07) is 13.4. The van der Waals surface area contributed by atoms with Crippen molar-refractivity contribution in [3.05, 3.63) is 60.0 Å². The molecule has 2 aromatic carbocycles. The standard InChI is InChI=1S/C19H17FN4O2/c20-13-5-1-2-6-14(13)23-19(25)17-18(24-9-11-26-12-10-24)22-16-8-4-3-7-15(16)21-17/h1-8H,9-12H2,(H,23,25). The third-order valence-electron chi connectivity index (χ3n) is 4.20. The van der Waals surface area contributed by atoms with Gasteiger partial charge in [-0.2, -0.15) is 0 Å². The molecule has 1 fully saturated rings. The molecule has 0 aliphatic carbocycles. The van der Waals surface area contributed by atoms with E-state index in [1.54, 1.807) is 18.2 Å². The zero-order chi connectivity index (χ0) is 17.9. The number of nitrogens with zero attached hydrogens (tertiary/aromatic N) is 3. The predicted molar refractivity (Wildman–Crippen MR) is 96.9 cm³/mol. The second kappa shape index (κ2) is 7.05. The van der Waals surface area contributed by atoms with E-state index in [1.165, 1.54) is 12.1 Å². The van der Waals surface area contributed by atoms with Crippen molar-refractivity contribution in [1.29, 1.82) is 0 Å². The Morgan fingerprint density at radius 1 is 1.00 bits per heavy atom. The predicted octanol–water partition coefficient (Wildman–Crippen LogP) is 2.86. The maximum absolute atomic E-state index is 13.9. The van der Waals surface area contributed by atoms with Gasteiger partial charge in [-0.25, -0.2) is 14.4 Å². The Morgan fingerprint density at radius 3 is 2.38 bits per heavy atom. The first kappa shape index (κ1) is 16.4. The van der Waals surface area contributed by atoms with Crippen molar-refractivity contribution in [3.63, 3.8) is 0 Å². The number of carbonyl (C=O) groups is 1. The molecule has 2 heterocycles. The largest absolute Gasteiger partial charge is 0.378 e. The van der Waals surface area contributed by atoms with Crippen molar-refractivity contribution in [1.82, 2.24) is 9.97 Å². The molecule has 132 valence electrons. The Morgan fingerprint density at radius 2 is 1.65 bits per heavy atom. The zero-order valence-corrected chi connectivity index (χ0v) is 14.0. The van der Waals surface area contributed by atoms with E-state index in [9.17, 15) is 9.18 Å². The number of anilines is 2. The molecular weight excluding hydrogens is 335 g/mol. The molecule has 0 spiro atoms. The molecule has 1 aromatic heterocycles. The topological polar surface area (TPSA) is 67.4 Å². The SMILES string of the molecule is O=C(Nc1ccccc1F)c1nc2ccccc2nc1N1CCOCC1. The number of nitrogens with one attached hydrogen (secondary N) is 1. The van der Waals surface area contributed by atoms with Gasteiger partial charge in [-0.3, -0.25) is 4.79 Å². The van der Waals surface area contributed by atoms with Crippen LogP contribution in [0.25, 0.3) is 11.0 Å². The van der Waals surface area contributed by atoms with Crippen LogP contribution in [0, 0.1) is 5.82 Å². The minimum absolute atomic E-state index is 0.111. The molecule has 7 heteroatoms. The van der Waals surface area contributed by atoms with Gasteiger partial charge in [-0.1, -0.05) is 24.3 Å². The van der Waals surface area contributed by atoms with Crippen molar-refractivity contribution >= 4 is 28.4 Å². The summed E-state index contributed by atoms with van der Waals surface area (Å²) in [5.41, 5.74) is 1.61. The Bertz CT molecular complexity index is 957. The number of aromatic nitrogens is 2. The lowest BCUT2D eigenvalue weighted by Crippen LogP contribution is -2.38. The number of rotatable bonds is 3. The van der Waals surface area contributed by atoms with Crippen LogP contribution in [0.4, 0.5) is 15.9 Å². The summed E-state index contributed by atoms with van der Waals surface area (Å²) in [6.07, 6.45) is 0. The highest BCUT2D eigenvalue weighted by Crippen LogP contribution is 2.23. The second-order valence-corrected chi connectivity index (χ2v) is 5.92. The van der Waals surface area contributed by atoms with Gasteiger partial charge in [0.1, 0.15) is 5.82 Å². The van der Waals surface area contributed by atoms with E-state index in [0.717, 1.165) is 0 Å². The van der Waals surface area contributed by atoms with Crippen molar-refractivity contribution in [2.45, 2.75) is 0 Å². The summed E-state index contributed by atoms with van der Waals surface area (Å²) in [4.78, 5) is 23.9. The zero-order valence-electron chi connectivity index (χ0n) is 14.0. The van der Waals surface area contributed by atoms with Crippen LogP contribution in [0.1, 0.15) is 10.5 Å². The van der Waals surface area contributed by atoms with Gasteiger partial charge in [0.05, 0.1) is 29.9 Å². The number of morpholine rings is 1. The van der Waals surface area contributed by atoms with E-state index >= 15 is 0 Å². The van der Waals surface area contributed by atoms with Crippen molar-refractivity contribution in [3.8, 4) is 0 Å². The van der Waals surface area contributed by atoms with E-state index < -0.39 is 11.7 Å². The summed E-state index contributed by atoms with van der Waals surface area (Å²) in [6.45, 7) is 2.35. The molecule has 0 bridgehead atoms. The summed E-state index contributed by atoms with van der Waals surface area (Å²) in [5, 5.41) is 2.60. The fraction of sp³-hybridized carbons (Fsp3) is 0.211. The fourth-order valence-electron chi connectivity index (χ4n) is 2.88. The van der Waals surface area contributed by atoms with Gasteiger partial charge < -0.3 is 15.0 Å². The van der Waals surface area contributed by atoms with Crippen LogP contribution in [0.5, 0.6) is 0 Å². The Balaban J connectivity index is 1.76. The van der Waals surface area contributed by atoms with E-state index in [2.05, 4.69) is 15.3 Å².